The molecule has 1 aromatic heterocycles. The van der Waals surface area contributed by atoms with E-state index in [1.807, 2.05) is 53.1 Å². The zero-order valence-corrected chi connectivity index (χ0v) is 14.7. The SMILES string of the molecule is NCC1CCCC1NC(=O)Cn1c2ccccc2c(=O)c2ccccc21. The molecule has 1 saturated carbocycles. The van der Waals surface area contributed by atoms with Crippen LogP contribution in [-0.2, 0) is 11.3 Å². The number of carbonyl (C=O) groups is 1. The molecule has 0 saturated heterocycles. The summed E-state index contributed by atoms with van der Waals surface area (Å²) in [4.78, 5) is 25.5. The number of rotatable bonds is 4. The number of carbonyl (C=O) groups excluding carboxylic acids is 1. The molecule has 1 aliphatic rings. The number of amides is 1. The molecule has 2 atom stereocenters. The average Bonchev–Trinajstić information content (AvgIpc) is 3.12. The van der Waals surface area contributed by atoms with E-state index in [1.54, 1.807) is 0 Å². The zero-order chi connectivity index (χ0) is 18.1. The molecule has 134 valence electrons. The Kier molecular flexibility index (Phi) is 4.47. The summed E-state index contributed by atoms with van der Waals surface area (Å²) in [5.41, 5.74) is 7.40. The van der Waals surface area contributed by atoms with Gasteiger partial charge in [0, 0.05) is 16.8 Å². The van der Waals surface area contributed by atoms with E-state index in [1.165, 1.54) is 0 Å². The van der Waals surface area contributed by atoms with Crippen LogP contribution in [0, 0.1) is 5.92 Å². The standard InChI is InChI=1S/C21H23N3O2/c22-12-14-6-5-9-17(14)23-20(25)13-24-18-10-3-1-7-15(18)21(26)16-8-2-4-11-19(16)24/h1-4,7-8,10-11,14,17H,5-6,9,12-13,22H2,(H,23,25). The molecule has 1 aliphatic carbocycles. The van der Waals surface area contributed by atoms with Gasteiger partial charge in [-0.1, -0.05) is 30.7 Å². The lowest BCUT2D eigenvalue weighted by atomic mass is 10.0. The quantitative estimate of drug-likeness (QED) is 0.710. The van der Waals surface area contributed by atoms with Gasteiger partial charge in [-0.3, -0.25) is 9.59 Å². The molecule has 1 heterocycles. The van der Waals surface area contributed by atoms with E-state index in [2.05, 4.69) is 5.32 Å². The monoisotopic (exact) mass is 349 g/mol. The van der Waals surface area contributed by atoms with Gasteiger partial charge >= 0.3 is 0 Å². The summed E-state index contributed by atoms with van der Waals surface area (Å²) >= 11 is 0. The minimum Gasteiger partial charge on any atom is -0.351 e. The average molecular weight is 349 g/mol. The van der Waals surface area contributed by atoms with Crippen molar-refractivity contribution in [1.29, 1.82) is 0 Å². The summed E-state index contributed by atoms with van der Waals surface area (Å²) in [5.74, 6) is 0.329. The Morgan fingerprint density at radius 3 is 2.27 bits per heavy atom. The highest BCUT2D eigenvalue weighted by Crippen LogP contribution is 2.25. The van der Waals surface area contributed by atoms with Gasteiger partial charge in [0.25, 0.3) is 0 Å². The van der Waals surface area contributed by atoms with Gasteiger partial charge in [-0.05, 0) is 49.6 Å². The molecule has 0 spiro atoms. The Morgan fingerprint density at radius 2 is 1.65 bits per heavy atom. The van der Waals surface area contributed by atoms with Gasteiger partial charge in [-0.15, -0.1) is 0 Å². The van der Waals surface area contributed by atoms with Crippen molar-refractivity contribution in [3.63, 3.8) is 0 Å². The highest BCUT2D eigenvalue weighted by molar-refractivity contribution is 5.94. The number of aromatic nitrogens is 1. The van der Waals surface area contributed by atoms with Crippen LogP contribution in [0.2, 0.25) is 0 Å². The molecule has 3 aromatic rings. The second kappa shape index (κ2) is 6.92. The molecule has 1 fully saturated rings. The number of pyridine rings is 1. The lowest BCUT2D eigenvalue weighted by Gasteiger charge is -2.21. The maximum absolute atomic E-state index is 12.8. The Labute approximate surface area is 151 Å². The fraction of sp³-hybridized carbons (Fsp3) is 0.333. The van der Waals surface area contributed by atoms with Crippen LogP contribution in [0.15, 0.2) is 53.3 Å². The van der Waals surface area contributed by atoms with E-state index in [4.69, 9.17) is 5.73 Å². The Morgan fingerprint density at radius 1 is 1.04 bits per heavy atom. The number of hydrogen-bond acceptors (Lipinski definition) is 3. The number of benzene rings is 2. The summed E-state index contributed by atoms with van der Waals surface area (Å²) in [7, 11) is 0. The molecule has 0 radical (unpaired) electrons. The third-order valence-corrected chi connectivity index (χ3v) is 5.49. The molecular formula is C21H23N3O2. The van der Waals surface area contributed by atoms with Gasteiger partial charge in [0.05, 0.1) is 11.0 Å². The lowest BCUT2D eigenvalue weighted by molar-refractivity contribution is -0.122. The fourth-order valence-corrected chi connectivity index (χ4v) is 4.15. The van der Waals surface area contributed by atoms with Gasteiger partial charge in [0.2, 0.25) is 5.91 Å². The maximum atomic E-state index is 12.8. The van der Waals surface area contributed by atoms with Crippen LogP contribution >= 0.6 is 0 Å². The molecule has 0 aliphatic heterocycles. The zero-order valence-electron chi connectivity index (χ0n) is 14.7. The van der Waals surface area contributed by atoms with Crippen LogP contribution in [0.3, 0.4) is 0 Å². The summed E-state index contributed by atoms with van der Waals surface area (Å²) < 4.78 is 1.94. The van der Waals surface area contributed by atoms with Gasteiger partial charge in [-0.25, -0.2) is 0 Å². The van der Waals surface area contributed by atoms with E-state index < -0.39 is 0 Å². The highest BCUT2D eigenvalue weighted by atomic mass is 16.2. The molecule has 2 unspecified atom stereocenters. The second-order valence-electron chi connectivity index (χ2n) is 7.05. The molecule has 2 aromatic carbocycles. The minimum atomic E-state index is -0.0331. The third-order valence-electron chi connectivity index (χ3n) is 5.49. The van der Waals surface area contributed by atoms with Crippen molar-refractivity contribution in [3.05, 3.63) is 58.8 Å². The first-order valence-corrected chi connectivity index (χ1v) is 9.18. The molecule has 5 heteroatoms. The predicted molar refractivity (Wildman–Crippen MR) is 104 cm³/mol. The van der Waals surface area contributed by atoms with Crippen molar-refractivity contribution >= 4 is 27.7 Å². The van der Waals surface area contributed by atoms with Crippen LogP contribution in [0.1, 0.15) is 19.3 Å². The largest absolute Gasteiger partial charge is 0.351 e. The van der Waals surface area contributed by atoms with Gasteiger partial charge in [0.1, 0.15) is 6.54 Å². The molecule has 5 nitrogen and oxygen atoms in total. The number of para-hydroxylation sites is 2. The Balaban J connectivity index is 1.74. The lowest BCUT2D eigenvalue weighted by Crippen LogP contribution is -2.41. The first kappa shape index (κ1) is 16.8. The molecule has 1 amide bonds. The third kappa shape index (κ3) is 2.88. The van der Waals surface area contributed by atoms with Crippen LogP contribution < -0.4 is 16.5 Å². The smallest absolute Gasteiger partial charge is 0.240 e. The van der Waals surface area contributed by atoms with Crippen molar-refractivity contribution < 1.29 is 4.79 Å². The molecule has 0 bridgehead atoms. The predicted octanol–water partition coefficient (Wildman–Crippen LogP) is 2.40. The van der Waals surface area contributed by atoms with Crippen LogP contribution in [0.25, 0.3) is 21.8 Å². The van der Waals surface area contributed by atoms with Crippen molar-refractivity contribution in [1.82, 2.24) is 9.88 Å². The molecular weight excluding hydrogens is 326 g/mol. The Hall–Kier alpha value is -2.66. The number of nitrogens with one attached hydrogen (secondary N) is 1. The van der Waals surface area contributed by atoms with Crippen LogP contribution in [-0.4, -0.2) is 23.1 Å². The van der Waals surface area contributed by atoms with E-state index in [0.717, 1.165) is 30.3 Å². The Bertz CT molecular complexity index is 965. The van der Waals surface area contributed by atoms with Crippen LogP contribution in [0.5, 0.6) is 0 Å². The van der Waals surface area contributed by atoms with Crippen molar-refractivity contribution in [2.45, 2.75) is 31.8 Å². The second-order valence-corrected chi connectivity index (χ2v) is 7.05. The maximum Gasteiger partial charge on any atom is 0.240 e. The minimum absolute atomic E-state index is 0.00634. The molecule has 4 rings (SSSR count). The number of nitrogens with two attached hydrogens (primary N) is 1. The van der Waals surface area contributed by atoms with Gasteiger partial charge in [-0.2, -0.15) is 0 Å². The van der Waals surface area contributed by atoms with Crippen molar-refractivity contribution in [2.24, 2.45) is 11.7 Å². The van der Waals surface area contributed by atoms with E-state index >= 15 is 0 Å². The first-order chi connectivity index (χ1) is 12.7. The van der Waals surface area contributed by atoms with E-state index in [-0.39, 0.29) is 23.9 Å². The van der Waals surface area contributed by atoms with E-state index in [0.29, 0.717) is 23.2 Å². The van der Waals surface area contributed by atoms with Crippen molar-refractivity contribution in [2.75, 3.05) is 6.54 Å². The first-order valence-electron chi connectivity index (χ1n) is 9.18. The number of fused-ring (bicyclic) bond motifs is 2. The number of nitrogens with zero attached hydrogens (tertiary/aromatic N) is 1. The molecule has 3 N–H and O–H groups in total. The summed E-state index contributed by atoms with van der Waals surface area (Å²) in [6.45, 7) is 0.796. The summed E-state index contributed by atoms with van der Waals surface area (Å²) in [6.07, 6.45) is 3.17. The van der Waals surface area contributed by atoms with Gasteiger partial charge in [0.15, 0.2) is 5.43 Å². The fourth-order valence-electron chi connectivity index (χ4n) is 4.15. The normalized spacial score (nSPS) is 19.9. The highest BCUT2D eigenvalue weighted by Gasteiger charge is 2.27. The van der Waals surface area contributed by atoms with Gasteiger partial charge < -0.3 is 15.6 Å². The van der Waals surface area contributed by atoms with Crippen molar-refractivity contribution in [3.8, 4) is 0 Å². The van der Waals surface area contributed by atoms with Crippen LogP contribution in [0.4, 0.5) is 0 Å². The number of hydrogen-bond donors (Lipinski definition) is 2. The summed E-state index contributed by atoms with van der Waals surface area (Å²) in [5, 5.41) is 4.43. The molecule has 26 heavy (non-hydrogen) atoms. The summed E-state index contributed by atoms with van der Waals surface area (Å²) in [6, 6.07) is 15.1. The van der Waals surface area contributed by atoms with E-state index in [9.17, 15) is 9.59 Å². The topological polar surface area (TPSA) is 77.1 Å².